The molecule has 2 aromatic heterocycles. The number of aromatic nitrogens is 2. The second-order valence-electron chi connectivity index (χ2n) is 5.81. The molecule has 0 spiro atoms. The first-order valence-electron chi connectivity index (χ1n) is 7.62. The summed E-state index contributed by atoms with van der Waals surface area (Å²) < 4.78 is 40.2. The zero-order valence-corrected chi connectivity index (χ0v) is 14.0. The molecule has 23 heavy (non-hydrogen) atoms. The molecule has 0 aromatic carbocycles. The molecule has 0 saturated carbocycles. The summed E-state index contributed by atoms with van der Waals surface area (Å²) in [5, 5.41) is -0.0553. The highest BCUT2D eigenvalue weighted by molar-refractivity contribution is 7.89. The number of hydrogen-bond acceptors (Lipinski definition) is 5. The first-order chi connectivity index (χ1) is 11.0. The van der Waals surface area contributed by atoms with Crippen molar-refractivity contribution in [2.45, 2.75) is 31.0 Å². The maximum atomic E-state index is 12.3. The summed E-state index contributed by atoms with van der Waals surface area (Å²) in [5.41, 5.74) is 0. The van der Waals surface area contributed by atoms with Crippen LogP contribution in [0.2, 0.25) is 0 Å². The van der Waals surface area contributed by atoms with E-state index in [0.717, 1.165) is 18.7 Å². The average molecular weight is 339 g/mol. The molecule has 0 unspecified atom stereocenters. The van der Waals surface area contributed by atoms with Crippen molar-refractivity contribution >= 4 is 10.0 Å². The number of nitrogens with zero attached hydrogens (tertiary/aromatic N) is 2. The van der Waals surface area contributed by atoms with Crippen LogP contribution in [0.5, 0.6) is 0 Å². The monoisotopic (exact) mass is 339 g/mol. The fourth-order valence-corrected chi connectivity index (χ4v) is 3.90. The molecule has 1 saturated heterocycles. The van der Waals surface area contributed by atoms with Crippen molar-refractivity contribution < 1.29 is 17.6 Å². The number of ether oxygens (including phenoxy) is 1. The molecule has 8 heteroatoms. The average Bonchev–Trinajstić information content (AvgIpc) is 3.14. The van der Waals surface area contributed by atoms with Gasteiger partial charge >= 0.3 is 0 Å². The lowest BCUT2D eigenvalue weighted by Crippen LogP contribution is -2.35. The summed E-state index contributed by atoms with van der Waals surface area (Å²) in [6.45, 7) is 2.67. The normalized spacial score (nSPS) is 22.3. The largest absolute Gasteiger partial charge is 0.449 e. The van der Waals surface area contributed by atoms with Crippen LogP contribution in [-0.4, -0.2) is 31.1 Å². The second-order valence-corrected chi connectivity index (χ2v) is 7.50. The van der Waals surface area contributed by atoms with Crippen LogP contribution in [0.4, 0.5) is 0 Å². The summed E-state index contributed by atoms with van der Waals surface area (Å²) in [4.78, 5) is 4.34. The lowest BCUT2D eigenvalue weighted by atomic mass is 9.94. The number of aryl methyl sites for hydroxylation is 2. The molecule has 2 atom stereocenters. The molecule has 0 bridgehead atoms. The lowest BCUT2D eigenvalue weighted by molar-refractivity contribution is -0.0328. The van der Waals surface area contributed by atoms with Crippen LogP contribution >= 0.6 is 0 Å². The summed E-state index contributed by atoms with van der Waals surface area (Å²) in [5.74, 6) is 1.43. The molecule has 1 aliphatic rings. The number of rotatable bonds is 5. The van der Waals surface area contributed by atoms with Gasteiger partial charge in [0.25, 0.3) is 10.0 Å². The summed E-state index contributed by atoms with van der Waals surface area (Å²) in [7, 11) is -1.73. The SMILES string of the molecule is Cc1ccc(S(=O)(=O)NC[C@@H]2CCCO[C@H]2c2nccn2C)o1. The first-order valence-corrected chi connectivity index (χ1v) is 9.10. The fraction of sp³-hybridized carbons (Fsp3) is 0.533. The van der Waals surface area contributed by atoms with Gasteiger partial charge in [-0.15, -0.1) is 0 Å². The molecule has 1 fully saturated rings. The number of nitrogens with one attached hydrogen (secondary N) is 1. The molecular formula is C15H21N3O4S. The van der Waals surface area contributed by atoms with Gasteiger partial charge in [-0.1, -0.05) is 0 Å². The maximum Gasteiger partial charge on any atom is 0.273 e. The number of hydrogen-bond donors (Lipinski definition) is 1. The Morgan fingerprint density at radius 3 is 2.91 bits per heavy atom. The molecule has 0 aliphatic carbocycles. The fourth-order valence-electron chi connectivity index (χ4n) is 2.83. The van der Waals surface area contributed by atoms with Crippen LogP contribution in [0.25, 0.3) is 0 Å². The predicted molar refractivity (Wildman–Crippen MR) is 83.3 cm³/mol. The zero-order valence-electron chi connectivity index (χ0n) is 13.2. The van der Waals surface area contributed by atoms with Gasteiger partial charge in [0.2, 0.25) is 5.09 Å². The van der Waals surface area contributed by atoms with Crippen molar-refractivity contribution in [1.29, 1.82) is 0 Å². The quantitative estimate of drug-likeness (QED) is 0.897. The molecular weight excluding hydrogens is 318 g/mol. The van der Waals surface area contributed by atoms with E-state index in [0.29, 0.717) is 18.9 Å². The number of furan rings is 1. The Hall–Kier alpha value is -1.64. The van der Waals surface area contributed by atoms with Crippen LogP contribution < -0.4 is 4.72 Å². The topological polar surface area (TPSA) is 86.4 Å². The minimum absolute atomic E-state index is 0.0377. The van der Waals surface area contributed by atoms with Crippen molar-refractivity contribution in [3.05, 3.63) is 36.1 Å². The molecule has 0 radical (unpaired) electrons. The molecule has 1 aliphatic heterocycles. The molecule has 126 valence electrons. The van der Waals surface area contributed by atoms with Crippen molar-refractivity contribution in [1.82, 2.24) is 14.3 Å². The van der Waals surface area contributed by atoms with Gasteiger partial charge in [0, 0.05) is 38.5 Å². The van der Waals surface area contributed by atoms with Crippen LogP contribution in [0, 0.1) is 12.8 Å². The van der Waals surface area contributed by atoms with Gasteiger partial charge < -0.3 is 13.7 Å². The van der Waals surface area contributed by atoms with E-state index in [1.807, 2.05) is 17.8 Å². The van der Waals surface area contributed by atoms with Gasteiger partial charge in [-0.3, -0.25) is 0 Å². The highest BCUT2D eigenvalue weighted by Gasteiger charge is 2.31. The Balaban J connectivity index is 1.72. The highest BCUT2D eigenvalue weighted by Crippen LogP contribution is 2.32. The van der Waals surface area contributed by atoms with Gasteiger partial charge in [0.1, 0.15) is 17.7 Å². The molecule has 3 rings (SSSR count). The van der Waals surface area contributed by atoms with Gasteiger partial charge in [0.05, 0.1) is 0 Å². The third kappa shape index (κ3) is 3.49. The summed E-state index contributed by atoms with van der Waals surface area (Å²) in [6.07, 6.45) is 5.18. The van der Waals surface area contributed by atoms with Gasteiger partial charge in [0.15, 0.2) is 0 Å². The minimum atomic E-state index is -3.64. The van der Waals surface area contributed by atoms with E-state index in [9.17, 15) is 8.42 Å². The van der Waals surface area contributed by atoms with Crippen LogP contribution in [0.15, 0.2) is 34.0 Å². The van der Waals surface area contributed by atoms with Gasteiger partial charge in [-0.2, -0.15) is 0 Å². The zero-order chi connectivity index (χ0) is 16.4. The van der Waals surface area contributed by atoms with E-state index in [4.69, 9.17) is 9.15 Å². The van der Waals surface area contributed by atoms with Crippen LogP contribution in [-0.2, 0) is 21.8 Å². The maximum absolute atomic E-state index is 12.3. The van der Waals surface area contributed by atoms with E-state index < -0.39 is 10.0 Å². The molecule has 0 amide bonds. The first kappa shape index (κ1) is 16.2. The van der Waals surface area contributed by atoms with E-state index in [-0.39, 0.29) is 17.1 Å². The van der Waals surface area contributed by atoms with Crippen molar-refractivity contribution in [3.63, 3.8) is 0 Å². The summed E-state index contributed by atoms with van der Waals surface area (Å²) >= 11 is 0. The Kier molecular flexibility index (Phi) is 4.56. The standard InChI is InChI=1S/C15H21N3O4S/c1-11-5-6-13(22-11)23(19,20)17-10-12-4-3-9-21-14(12)15-16-7-8-18(15)2/h5-8,12,14,17H,3-4,9-10H2,1-2H3/t12-,14+/m0/s1. The Labute approximate surface area is 135 Å². The van der Waals surface area contributed by atoms with Crippen molar-refractivity contribution in [3.8, 4) is 0 Å². The van der Waals surface area contributed by atoms with E-state index >= 15 is 0 Å². The van der Waals surface area contributed by atoms with Crippen molar-refractivity contribution in [2.75, 3.05) is 13.2 Å². The third-order valence-electron chi connectivity index (χ3n) is 4.07. The van der Waals surface area contributed by atoms with Crippen molar-refractivity contribution in [2.24, 2.45) is 13.0 Å². The number of sulfonamides is 1. The van der Waals surface area contributed by atoms with Gasteiger partial charge in [-0.25, -0.2) is 18.1 Å². The van der Waals surface area contributed by atoms with Gasteiger partial charge in [-0.05, 0) is 31.9 Å². The van der Waals surface area contributed by atoms with E-state index in [1.54, 1.807) is 19.2 Å². The Bertz CT molecular complexity index is 765. The number of imidazole rings is 1. The van der Waals surface area contributed by atoms with Crippen LogP contribution in [0.1, 0.15) is 30.5 Å². The second kappa shape index (κ2) is 6.46. The smallest absolute Gasteiger partial charge is 0.273 e. The highest BCUT2D eigenvalue weighted by atomic mass is 32.2. The van der Waals surface area contributed by atoms with Crippen LogP contribution in [0.3, 0.4) is 0 Å². The molecule has 1 N–H and O–H groups in total. The van der Waals surface area contributed by atoms with E-state index in [2.05, 4.69) is 9.71 Å². The molecule has 3 heterocycles. The molecule has 7 nitrogen and oxygen atoms in total. The third-order valence-corrected chi connectivity index (χ3v) is 5.37. The Morgan fingerprint density at radius 2 is 2.26 bits per heavy atom. The Morgan fingerprint density at radius 1 is 1.43 bits per heavy atom. The minimum Gasteiger partial charge on any atom is -0.449 e. The lowest BCUT2D eigenvalue weighted by Gasteiger charge is -2.31. The molecule has 2 aromatic rings. The summed E-state index contributed by atoms with van der Waals surface area (Å²) in [6, 6.07) is 3.10. The predicted octanol–water partition coefficient (Wildman–Crippen LogP) is 1.77. The van der Waals surface area contributed by atoms with E-state index in [1.165, 1.54) is 6.07 Å².